The molecule has 1 aromatic rings. The van der Waals surface area contributed by atoms with Crippen LogP contribution in [0.1, 0.15) is 39.2 Å². The maximum Gasteiger partial charge on any atom is 0.168 e. The Balaban J connectivity index is 2.96. The van der Waals surface area contributed by atoms with Gasteiger partial charge in [0.2, 0.25) is 0 Å². The summed E-state index contributed by atoms with van der Waals surface area (Å²) in [5.41, 5.74) is -0.0866. The summed E-state index contributed by atoms with van der Waals surface area (Å²) in [6, 6.07) is 4.38. The molecule has 106 valence electrons. The van der Waals surface area contributed by atoms with Crippen molar-refractivity contribution < 1.29 is 13.9 Å². The van der Waals surface area contributed by atoms with Crippen LogP contribution in [0.15, 0.2) is 22.7 Å². The van der Waals surface area contributed by atoms with Crippen LogP contribution in [0.3, 0.4) is 0 Å². The molecule has 1 aromatic carbocycles. The average Bonchev–Trinajstić information content (AvgIpc) is 2.40. The van der Waals surface area contributed by atoms with Gasteiger partial charge in [0.1, 0.15) is 11.4 Å². The van der Waals surface area contributed by atoms with Gasteiger partial charge in [-0.2, -0.15) is 0 Å². The van der Waals surface area contributed by atoms with E-state index in [2.05, 4.69) is 15.9 Å². The lowest BCUT2D eigenvalue weighted by atomic mass is 9.88. The highest BCUT2D eigenvalue weighted by molar-refractivity contribution is 9.10. The van der Waals surface area contributed by atoms with Gasteiger partial charge in [-0.05, 0) is 43.5 Å². The second-order valence-electron chi connectivity index (χ2n) is 4.47. The van der Waals surface area contributed by atoms with Gasteiger partial charge in [0, 0.05) is 17.5 Å². The summed E-state index contributed by atoms with van der Waals surface area (Å²) >= 11 is 3.35. The van der Waals surface area contributed by atoms with Crippen molar-refractivity contribution in [3.8, 4) is 0 Å². The van der Waals surface area contributed by atoms with E-state index in [4.69, 9.17) is 4.74 Å². The van der Waals surface area contributed by atoms with Gasteiger partial charge in [0.15, 0.2) is 5.78 Å². The minimum atomic E-state index is -0.749. The van der Waals surface area contributed by atoms with E-state index >= 15 is 0 Å². The fourth-order valence-corrected chi connectivity index (χ4v) is 2.60. The second-order valence-corrected chi connectivity index (χ2v) is 5.32. The van der Waals surface area contributed by atoms with Crippen LogP contribution in [-0.4, -0.2) is 18.0 Å². The Bertz CT molecular complexity index is 442. The zero-order chi connectivity index (χ0) is 14.5. The summed E-state index contributed by atoms with van der Waals surface area (Å²) in [7, 11) is 0. The zero-order valence-corrected chi connectivity index (χ0v) is 13.2. The average molecular weight is 331 g/mol. The summed E-state index contributed by atoms with van der Waals surface area (Å²) in [6.45, 7) is 6.26. The zero-order valence-electron chi connectivity index (χ0n) is 11.6. The van der Waals surface area contributed by atoms with E-state index in [0.29, 0.717) is 25.0 Å². The predicted molar refractivity (Wildman–Crippen MR) is 77.8 cm³/mol. The Labute approximate surface area is 122 Å². The number of rotatable bonds is 7. The Morgan fingerprint density at radius 1 is 1.32 bits per heavy atom. The van der Waals surface area contributed by atoms with Gasteiger partial charge in [0.05, 0.1) is 0 Å². The van der Waals surface area contributed by atoms with Crippen molar-refractivity contribution in [1.82, 2.24) is 0 Å². The van der Waals surface area contributed by atoms with E-state index in [0.717, 1.165) is 4.47 Å². The van der Waals surface area contributed by atoms with E-state index in [1.165, 1.54) is 12.1 Å². The fourth-order valence-electron chi connectivity index (χ4n) is 2.22. The number of ether oxygens (including phenoxy) is 1. The monoisotopic (exact) mass is 330 g/mol. The predicted octanol–water partition coefficient (Wildman–Crippen LogP) is 4.30. The molecule has 0 saturated carbocycles. The molecular formula is C15H20BrFO2. The number of Topliss-reactive ketones (excluding diaryl/α,β-unsaturated/α-hetero) is 1. The van der Waals surface area contributed by atoms with Crippen LogP contribution in [0, 0.1) is 5.82 Å². The van der Waals surface area contributed by atoms with Crippen molar-refractivity contribution in [3.63, 3.8) is 0 Å². The maximum absolute atomic E-state index is 13.2. The van der Waals surface area contributed by atoms with Crippen molar-refractivity contribution in [1.29, 1.82) is 0 Å². The SMILES string of the molecule is CCOC(CC)(CC)C(=O)Cc1cc(F)ccc1Br. The van der Waals surface area contributed by atoms with Crippen molar-refractivity contribution in [3.05, 3.63) is 34.1 Å². The van der Waals surface area contributed by atoms with Crippen LogP contribution in [0.25, 0.3) is 0 Å². The quantitative estimate of drug-likeness (QED) is 0.745. The van der Waals surface area contributed by atoms with Crippen LogP contribution in [0.5, 0.6) is 0 Å². The lowest BCUT2D eigenvalue weighted by Crippen LogP contribution is -2.41. The van der Waals surface area contributed by atoms with Gasteiger partial charge in [0.25, 0.3) is 0 Å². The molecule has 2 nitrogen and oxygen atoms in total. The maximum atomic E-state index is 13.2. The molecule has 0 aliphatic rings. The minimum Gasteiger partial charge on any atom is -0.368 e. The first-order chi connectivity index (χ1) is 8.99. The Hall–Kier alpha value is -0.740. The third-order valence-corrected chi connectivity index (χ3v) is 4.20. The molecule has 0 radical (unpaired) electrons. The van der Waals surface area contributed by atoms with Crippen LogP contribution in [0.4, 0.5) is 4.39 Å². The summed E-state index contributed by atoms with van der Waals surface area (Å²) < 4.78 is 19.7. The van der Waals surface area contributed by atoms with Crippen molar-refractivity contribution in [2.45, 2.75) is 45.6 Å². The molecule has 0 saturated heterocycles. The van der Waals surface area contributed by atoms with Crippen LogP contribution >= 0.6 is 15.9 Å². The molecule has 0 unspecified atom stereocenters. The second kappa shape index (κ2) is 7.15. The first-order valence-electron chi connectivity index (χ1n) is 6.60. The van der Waals surface area contributed by atoms with Crippen molar-refractivity contribution >= 4 is 21.7 Å². The Morgan fingerprint density at radius 2 is 1.95 bits per heavy atom. The highest BCUT2D eigenvalue weighted by atomic mass is 79.9. The lowest BCUT2D eigenvalue weighted by molar-refractivity contribution is -0.144. The number of hydrogen-bond donors (Lipinski definition) is 0. The van der Waals surface area contributed by atoms with Gasteiger partial charge >= 0.3 is 0 Å². The first-order valence-corrected chi connectivity index (χ1v) is 7.39. The molecule has 0 fully saturated rings. The third kappa shape index (κ3) is 3.86. The lowest BCUT2D eigenvalue weighted by Gasteiger charge is -2.30. The fraction of sp³-hybridized carbons (Fsp3) is 0.533. The van der Waals surface area contributed by atoms with Gasteiger partial charge in [-0.25, -0.2) is 4.39 Å². The number of carbonyl (C=O) groups is 1. The van der Waals surface area contributed by atoms with E-state index in [1.54, 1.807) is 6.07 Å². The minimum absolute atomic E-state index is 0.00523. The molecule has 4 heteroatoms. The van der Waals surface area contributed by atoms with Crippen molar-refractivity contribution in [2.75, 3.05) is 6.61 Å². The normalized spacial score (nSPS) is 11.6. The molecule has 0 heterocycles. The standard InChI is InChI=1S/C15H20BrFO2/c1-4-15(5-2,19-6-3)14(18)10-11-9-12(17)7-8-13(11)16/h7-9H,4-6,10H2,1-3H3. The largest absolute Gasteiger partial charge is 0.368 e. The van der Waals surface area contributed by atoms with E-state index in [1.807, 2.05) is 20.8 Å². The molecule has 0 amide bonds. The number of ketones is 1. The molecule has 19 heavy (non-hydrogen) atoms. The summed E-state index contributed by atoms with van der Waals surface area (Å²) in [6.07, 6.45) is 1.44. The Kier molecular flexibility index (Phi) is 6.14. The van der Waals surface area contributed by atoms with Crippen LogP contribution < -0.4 is 0 Å². The highest BCUT2D eigenvalue weighted by Crippen LogP contribution is 2.26. The van der Waals surface area contributed by atoms with Gasteiger partial charge in [-0.3, -0.25) is 4.79 Å². The van der Waals surface area contributed by atoms with E-state index < -0.39 is 5.60 Å². The summed E-state index contributed by atoms with van der Waals surface area (Å²) in [4.78, 5) is 12.5. The molecular weight excluding hydrogens is 311 g/mol. The van der Waals surface area contributed by atoms with Gasteiger partial charge < -0.3 is 4.74 Å². The molecule has 0 aliphatic heterocycles. The number of benzene rings is 1. The van der Waals surface area contributed by atoms with Crippen LogP contribution in [-0.2, 0) is 16.0 Å². The third-order valence-electron chi connectivity index (χ3n) is 3.43. The summed E-state index contributed by atoms with van der Waals surface area (Å²) in [5.74, 6) is -0.327. The molecule has 0 N–H and O–H groups in total. The van der Waals surface area contributed by atoms with Crippen molar-refractivity contribution in [2.24, 2.45) is 0 Å². The van der Waals surface area contributed by atoms with E-state index in [9.17, 15) is 9.18 Å². The molecule has 0 bridgehead atoms. The highest BCUT2D eigenvalue weighted by Gasteiger charge is 2.35. The van der Waals surface area contributed by atoms with E-state index in [-0.39, 0.29) is 18.0 Å². The molecule has 0 aliphatic carbocycles. The smallest absolute Gasteiger partial charge is 0.168 e. The number of halogens is 2. The summed E-state index contributed by atoms with van der Waals surface area (Å²) in [5, 5.41) is 0. The van der Waals surface area contributed by atoms with Gasteiger partial charge in [-0.15, -0.1) is 0 Å². The molecule has 0 spiro atoms. The molecule has 0 atom stereocenters. The molecule has 0 aromatic heterocycles. The number of hydrogen-bond acceptors (Lipinski definition) is 2. The Morgan fingerprint density at radius 3 is 2.47 bits per heavy atom. The number of carbonyl (C=O) groups excluding carboxylic acids is 1. The van der Waals surface area contributed by atoms with Crippen LogP contribution in [0.2, 0.25) is 0 Å². The van der Waals surface area contributed by atoms with Gasteiger partial charge in [-0.1, -0.05) is 29.8 Å². The first kappa shape index (κ1) is 16.3. The molecule has 1 rings (SSSR count). The topological polar surface area (TPSA) is 26.3 Å².